The summed E-state index contributed by atoms with van der Waals surface area (Å²) in [6.07, 6.45) is -3.12. The third kappa shape index (κ3) is 3.97. The highest BCUT2D eigenvalue weighted by Crippen LogP contribution is 2.23. The summed E-state index contributed by atoms with van der Waals surface area (Å²) in [4.78, 5) is 29.4. The fourth-order valence-corrected chi connectivity index (χ4v) is 3.35. The van der Waals surface area contributed by atoms with Crippen molar-refractivity contribution in [2.24, 2.45) is 0 Å². The Bertz CT molecular complexity index is 1100. The van der Waals surface area contributed by atoms with Gasteiger partial charge in [0.2, 0.25) is 0 Å². The molecule has 0 aliphatic carbocycles. The Balaban J connectivity index is 1.95. The first-order chi connectivity index (χ1) is 12.6. The lowest BCUT2D eigenvalue weighted by Crippen LogP contribution is -2.25. The first kappa shape index (κ1) is 19.3. The molecule has 0 spiro atoms. The van der Waals surface area contributed by atoms with Crippen molar-refractivity contribution in [2.45, 2.75) is 33.1 Å². The maximum Gasteiger partial charge on any atom is 0.406 e. The van der Waals surface area contributed by atoms with Crippen LogP contribution in [0.2, 0.25) is 0 Å². The van der Waals surface area contributed by atoms with Gasteiger partial charge in [0, 0.05) is 21.4 Å². The minimum atomic E-state index is -4.39. The Morgan fingerprint density at radius 3 is 2.59 bits per heavy atom. The van der Waals surface area contributed by atoms with Crippen LogP contribution in [0.1, 0.15) is 21.7 Å². The molecule has 2 heterocycles. The lowest BCUT2D eigenvalue weighted by atomic mass is 10.1. The van der Waals surface area contributed by atoms with E-state index >= 15 is 0 Å². The second kappa shape index (κ2) is 6.95. The van der Waals surface area contributed by atoms with E-state index in [1.165, 1.54) is 26.2 Å². The van der Waals surface area contributed by atoms with Crippen molar-refractivity contribution in [2.75, 3.05) is 0 Å². The van der Waals surface area contributed by atoms with Crippen molar-refractivity contribution in [1.82, 2.24) is 14.1 Å². The van der Waals surface area contributed by atoms with Gasteiger partial charge in [-0.3, -0.25) is 14.2 Å². The predicted octanol–water partition coefficient (Wildman–Crippen LogP) is 4.02. The lowest BCUT2D eigenvalue weighted by molar-refractivity contribution is -0.141. The van der Waals surface area contributed by atoms with Gasteiger partial charge in [0.25, 0.3) is 5.56 Å². The van der Waals surface area contributed by atoms with Gasteiger partial charge in [-0.2, -0.15) is 13.2 Å². The number of halogens is 4. The summed E-state index contributed by atoms with van der Waals surface area (Å²) in [6, 6.07) is 6.46. The molecule has 0 saturated carbocycles. The van der Waals surface area contributed by atoms with Crippen LogP contribution < -0.4 is 5.56 Å². The van der Waals surface area contributed by atoms with Crippen LogP contribution in [0.5, 0.6) is 0 Å². The number of hydrogen-bond acceptors (Lipinski definition) is 3. The largest absolute Gasteiger partial charge is 0.406 e. The van der Waals surface area contributed by atoms with Crippen molar-refractivity contribution in [3.05, 3.63) is 62.4 Å². The van der Waals surface area contributed by atoms with E-state index in [0.29, 0.717) is 21.1 Å². The molecular formula is C18H15BrF3N3O2. The highest BCUT2D eigenvalue weighted by molar-refractivity contribution is 9.10. The lowest BCUT2D eigenvalue weighted by Gasteiger charge is -2.12. The molecule has 0 atom stereocenters. The van der Waals surface area contributed by atoms with Gasteiger partial charge in [-0.05, 0) is 38.1 Å². The van der Waals surface area contributed by atoms with Crippen molar-refractivity contribution >= 4 is 32.6 Å². The van der Waals surface area contributed by atoms with Crippen molar-refractivity contribution in [3.8, 4) is 0 Å². The van der Waals surface area contributed by atoms with Gasteiger partial charge in [0.15, 0.2) is 5.78 Å². The molecular weight excluding hydrogens is 427 g/mol. The number of fused-ring (bicyclic) bond motifs is 1. The highest BCUT2D eigenvalue weighted by Gasteiger charge is 2.30. The van der Waals surface area contributed by atoms with Gasteiger partial charge in [-0.1, -0.05) is 15.9 Å². The summed E-state index contributed by atoms with van der Waals surface area (Å²) in [7, 11) is 0. The SMILES string of the molecule is Cc1cc(C(=O)Cn2cnc3ccc(Br)cc3c2=O)c(C)n1CC(F)(F)F. The maximum absolute atomic E-state index is 12.7. The van der Waals surface area contributed by atoms with Crippen LogP contribution in [0, 0.1) is 13.8 Å². The summed E-state index contributed by atoms with van der Waals surface area (Å²) in [5, 5.41) is 0.349. The number of nitrogens with zero attached hydrogens (tertiary/aromatic N) is 3. The molecule has 142 valence electrons. The van der Waals surface area contributed by atoms with Gasteiger partial charge in [0.05, 0.1) is 23.8 Å². The molecule has 0 amide bonds. The Hall–Kier alpha value is -2.42. The highest BCUT2D eigenvalue weighted by atomic mass is 79.9. The van der Waals surface area contributed by atoms with Crippen LogP contribution in [0.25, 0.3) is 10.9 Å². The first-order valence-corrected chi connectivity index (χ1v) is 8.77. The fourth-order valence-electron chi connectivity index (χ4n) is 2.99. The number of hydrogen-bond donors (Lipinski definition) is 0. The van der Waals surface area contributed by atoms with Crippen molar-refractivity contribution in [3.63, 3.8) is 0 Å². The molecule has 0 aliphatic heterocycles. The van der Waals surface area contributed by atoms with E-state index in [4.69, 9.17) is 0 Å². The second-order valence-corrected chi connectivity index (χ2v) is 7.16. The van der Waals surface area contributed by atoms with Crippen LogP contribution in [-0.2, 0) is 13.1 Å². The van der Waals surface area contributed by atoms with E-state index in [1.54, 1.807) is 18.2 Å². The zero-order chi connectivity index (χ0) is 19.9. The molecule has 0 unspecified atom stereocenters. The van der Waals surface area contributed by atoms with E-state index in [9.17, 15) is 22.8 Å². The molecule has 0 bridgehead atoms. The Morgan fingerprint density at radius 1 is 1.22 bits per heavy atom. The van der Waals surface area contributed by atoms with E-state index in [1.807, 2.05) is 0 Å². The Morgan fingerprint density at radius 2 is 1.93 bits per heavy atom. The van der Waals surface area contributed by atoms with Crippen molar-refractivity contribution in [1.29, 1.82) is 0 Å². The molecule has 0 radical (unpaired) electrons. The normalized spacial score (nSPS) is 11.9. The number of benzene rings is 1. The van der Waals surface area contributed by atoms with Crippen LogP contribution in [0.15, 0.2) is 39.9 Å². The average Bonchev–Trinajstić information content (AvgIpc) is 2.84. The summed E-state index contributed by atoms with van der Waals surface area (Å²) in [6.45, 7) is 1.51. The van der Waals surface area contributed by atoms with Gasteiger partial charge < -0.3 is 4.57 Å². The van der Waals surface area contributed by atoms with Crippen molar-refractivity contribution < 1.29 is 18.0 Å². The zero-order valence-electron chi connectivity index (χ0n) is 14.5. The van der Waals surface area contributed by atoms with Crippen LogP contribution >= 0.6 is 15.9 Å². The molecule has 3 rings (SSSR count). The molecule has 3 aromatic rings. The summed E-state index contributed by atoms with van der Waals surface area (Å²) in [5.74, 6) is -0.449. The molecule has 9 heteroatoms. The summed E-state index contributed by atoms with van der Waals surface area (Å²) in [5.41, 5.74) is 0.826. The molecule has 2 aromatic heterocycles. The Labute approximate surface area is 160 Å². The molecule has 0 saturated heterocycles. The fraction of sp³-hybridized carbons (Fsp3) is 0.278. The standard InChI is InChI=1S/C18H15BrF3N3O2/c1-10-5-13(11(2)25(10)8-18(20,21)22)16(26)7-24-9-23-15-4-3-12(19)6-14(15)17(24)27/h3-6,9H,7-8H2,1-2H3. The molecule has 0 N–H and O–H groups in total. The molecule has 27 heavy (non-hydrogen) atoms. The van der Waals surface area contributed by atoms with Gasteiger partial charge >= 0.3 is 6.18 Å². The quantitative estimate of drug-likeness (QED) is 0.574. The van der Waals surface area contributed by atoms with E-state index < -0.39 is 24.1 Å². The van der Waals surface area contributed by atoms with Gasteiger partial charge in [0.1, 0.15) is 6.54 Å². The number of carbonyl (C=O) groups excluding carboxylic acids is 1. The minimum absolute atomic E-state index is 0.165. The molecule has 0 aliphatic rings. The van der Waals surface area contributed by atoms with Gasteiger partial charge in [-0.15, -0.1) is 0 Å². The van der Waals surface area contributed by atoms with Crippen LogP contribution in [0.3, 0.4) is 0 Å². The third-order valence-electron chi connectivity index (χ3n) is 4.31. The monoisotopic (exact) mass is 441 g/mol. The average molecular weight is 442 g/mol. The molecule has 5 nitrogen and oxygen atoms in total. The topological polar surface area (TPSA) is 56.9 Å². The number of rotatable bonds is 4. The third-order valence-corrected chi connectivity index (χ3v) is 4.80. The smallest absolute Gasteiger partial charge is 0.339 e. The number of aryl methyl sites for hydroxylation is 1. The number of aromatic nitrogens is 3. The molecule has 1 aromatic carbocycles. The van der Waals surface area contributed by atoms with E-state index in [2.05, 4.69) is 20.9 Å². The number of ketones is 1. The van der Waals surface area contributed by atoms with E-state index in [0.717, 1.165) is 9.13 Å². The van der Waals surface area contributed by atoms with Gasteiger partial charge in [-0.25, -0.2) is 4.98 Å². The number of carbonyl (C=O) groups is 1. The minimum Gasteiger partial charge on any atom is -0.339 e. The predicted molar refractivity (Wildman–Crippen MR) is 98.0 cm³/mol. The maximum atomic E-state index is 12.7. The summed E-state index contributed by atoms with van der Waals surface area (Å²) >= 11 is 3.29. The zero-order valence-corrected chi connectivity index (χ0v) is 16.1. The Kier molecular flexibility index (Phi) is 4.98. The summed E-state index contributed by atoms with van der Waals surface area (Å²) < 4.78 is 41.1. The number of Topliss-reactive ketones (excluding diaryl/α,β-unsaturated/α-hetero) is 1. The first-order valence-electron chi connectivity index (χ1n) is 7.98. The second-order valence-electron chi connectivity index (χ2n) is 6.25. The van der Waals surface area contributed by atoms with Crippen LogP contribution in [-0.4, -0.2) is 26.1 Å². The number of alkyl halides is 3. The van der Waals surface area contributed by atoms with Crippen LogP contribution in [0.4, 0.5) is 13.2 Å². The molecule has 0 fully saturated rings. The van der Waals surface area contributed by atoms with E-state index in [-0.39, 0.29) is 17.8 Å².